The van der Waals surface area contributed by atoms with E-state index < -0.39 is 5.95 Å². The molecule has 0 aromatic carbocycles. The van der Waals surface area contributed by atoms with Crippen LogP contribution in [-0.4, -0.2) is 43.5 Å². The van der Waals surface area contributed by atoms with Crippen molar-refractivity contribution in [2.75, 3.05) is 6.54 Å². The first-order chi connectivity index (χ1) is 13.0. The number of carbonyl (C=O) groups excluding carboxylic acids is 1. The van der Waals surface area contributed by atoms with E-state index in [0.717, 1.165) is 30.2 Å². The van der Waals surface area contributed by atoms with Crippen molar-refractivity contribution in [3.8, 4) is 11.5 Å². The van der Waals surface area contributed by atoms with Crippen molar-refractivity contribution in [2.24, 2.45) is 0 Å². The van der Waals surface area contributed by atoms with Crippen molar-refractivity contribution in [1.29, 1.82) is 0 Å². The molecule has 1 fully saturated rings. The lowest BCUT2D eigenvalue weighted by atomic mass is 9.92. The number of hydrogen-bond donors (Lipinski definition) is 1. The number of carbonyl (C=O) groups is 1. The molecule has 3 aromatic heterocycles. The van der Waals surface area contributed by atoms with Gasteiger partial charge in [-0.15, -0.1) is 0 Å². The van der Waals surface area contributed by atoms with Gasteiger partial charge in [0.25, 0.3) is 5.91 Å². The summed E-state index contributed by atoms with van der Waals surface area (Å²) in [5, 5.41) is 4.05. The zero-order valence-corrected chi connectivity index (χ0v) is 15.1. The van der Waals surface area contributed by atoms with Gasteiger partial charge in [-0.1, -0.05) is 5.16 Å². The molecule has 7 nitrogen and oxygen atoms in total. The van der Waals surface area contributed by atoms with E-state index in [4.69, 9.17) is 4.52 Å². The molecule has 1 aliphatic rings. The molecule has 0 saturated carbocycles. The van der Waals surface area contributed by atoms with Gasteiger partial charge in [0, 0.05) is 36.6 Å². The number of rotatable bonds is 3. The summed E-state index contributed by atoms with van der Waals surface area (Å²) in [6.07, 6.45) is 4.84. The number of pyridine rings is 1. The second kappa shape index (κ2) is 6.94. The molecular formula is C19H20FN5O2. The fourth-order valence-electron chi connectivity index (χ4n) is 3.43. The van der Waals surface area contributed by atoms with Gasteiger partial charge in [0.05, 0.1) is 11.6 Å². The lowest BCUT2D eigenvalue weighted by molar-refractivity contribution is 0.0592. The Morgan fingerprint density at radius 2 is 2.22 bits per heavy atom. The predicted octanol–water partition coefficient (Wildman–Crippen LogP) is 3.32. The van der Waals surface area contributed by atoms with Crippen LogP contribution in [-0.2, 0) is 0 Å². The van der Waals surface area contributed by atoms with E-state index in [2.05, 4.69) is 20.1 Å². The van der Waals surface area contributed by atoms with Gasteiger partial charge in [-0.05, 0) is 44.4 Å². The molecule has 0 aliphatic carbocycles. The van der Waals surface area contributed by atoms with E-state index >= 15 is 0 Å². The van der Waals surface area contributed by atoms with Crippen LogP contribution in [0.3, 0.4) is 0 Å². The van der Waals surface area contributed by atoms with Gasteiger partial charge in [0.1, 0.15) is 0 Å². The summed E-state index contributed by atoms with van der Waals surface area (Å²) in [5.41, 5.74) is 2.18. The molecule has 4 heterocycles. The predicted molar refractivity (Wildman–Crippen MR) is 95.5 cm³/mol. The van der Waals surface area contributed by atoms with Crippen molar-refractivity contribution in [3.63, 3.8) is 0 Å². The SMILES string of the molecule is Cc1c[nH]c(-c2noc(C3CCC(C)N(C(=O)c4ccnc(F)c4)C3)n2)c1. The maximum absolute atomic E-state index is 13.4. The highest BCUT2D eigenvalue weighted by Crippen LogP contribution is 2.31. The number of halogens is 1. The molecule has 4 rings (SSSR count). The van der Waals surface area contributed by atoms with Crippen LogP contribution in [0.25, 0.3) is 11.5 Å². The summed E-state index contributed by atoms with van der Waals surface area (Å²) in [4.78, 5) is 25.7. The van der Waals surface area contributed by atoms with Crippen molar-refractivity contribution in [3.05, 3.63) is 53.6 Å². The molecule has 140 valence electrons. The zero-order chi connectivity index (χ0) is 19.0. The number of piperidine rings is 1. The monoisotopic (exact) mass is 369 g/mol. The number of aryl methyl sites for hydroxylation is 1. The van der Waals surface area contributed by atoms with Crippen molar-refractivity contribution < 1.29 is 13.7 Å². The molecule has 0 spiro atoms. The van der Waals surface area contributed by atoms with E-state index in [1.807, 2.05) is 26.1 Å². The van der Waals surface area contributed by atoms with Crippen LogP contribution in [0.1, 0.15) is 47.5 Å². The molecule has 1 saturated heterocycles. The number of nitrogens with zero attached hydrogens (tertiary/aromatic N) is 4. The van der Waals surface area contributed by atoms with Crippen molar-refractivity contribution in [1.82, 2.24) is 25.0 Å². The first-order valence-corrected chi connectivity index (χ1v) is 8.93. The van der Waals surface area contributed by atoms with Crippen LogP contribution in [0.15, 0.2) is 35.1 Å². The third-order valence-electron chi connectivity index (χ3n) is 4.98. The van der Waals surface area contributed by atoms with Crippen molar-refractivity contribution in [2.45, 2.75) is 38.6 Å². The fourth-order valence-corrected chi connectivity index (χ4v) is 3.43. The van der Waals surface area contributed by atoms with Crippen LogP contribution in [0.4, 0.5) is 4.39 Å². The first-order valence-electron chi connectivity index (χ1n) is 8.93. The Bertz CT molecular complexity index is 966. The summed E-state index contributed by atoms with van der Waals surface area (Å²) in [5.74, 6) is 0.0980. The number of likely N-dealkylation sites (tertiary alicyclic amines) is 1. The maximum atomic E-state index is 13.4. The second-order valence-corrected chi connectivity index (χ2v) is 6.99. The highest BCUT2D eigenvalue weighted by Gasteiger charge is 2.33. The number of amides is 1. The molecule has 0 radical (unpaired) electrons. The van der Waals surface area contributed by atoms with E-state index in [1.54, 1.807) is 4.90 Å². The van der Waals surface area contributed by atoms with E-state index in [-0.39, 0.29) is 17.9 Å². The molecule has 27 heavy (non-hydrogen) atoms. The summed E-state index contributed by atoms with van der Waals surface area (Å²) in [7, 11) is 0. The summed E-state index contributed by atoms with van der Waals surface area (Å²) in [6.45, 7) is 4.43. The van der Waals surface area contributed by atoms with E-state index in [9.17, 15) is 9.18 Å². The average molecular weight is 369 g/mol. The summed E-state index contributed by atoms with van der Waals surface area (Å²) in [6, 6.07) is 4.70. The van der Waals surface area contributed by atoms with Crippen molar-refractivity contribution >= 4 is 5.91 Å². The minimum absolute atomic E-state index is 0.0471. The number of aromatic nitrogens is 4. The standard InChI is InChI=1S/C19H20FN5O2/c1-11-7-15(22-9-11)17-23-18(27-24-17)14-4-3-12(2)25(10-14)19(26)13-5-6-21-16(20)8-13/h5-9,12,14,22H,3-4,10H2,1-2H3. The molecular weight excluding hydrogens is 349 g/mol. The highest BCUT2D eigenvalue weighted by atomic mass is 19.1. The van der Waals surface area contributed by atoms with Crippen LogP contribution >= 0.6 is 0 Å². The summed E-state index contributed by atoms with van der Waals surface area (Å²) < 4.78 is 18.8. The summed E-state index contributed by atoms with van der Waals surface area (Å²) >= 11 is 0. The van der Waals surface area contributed by atoms with Gasteiger partial charge in [-0.3, -0.25) is 4.79 Å². The number of aromatic amines is 1. The minimum Gasteiger partial charge on any atom is -0.358 e. The minimum atomic E-state index is -0.662. The Morgan fingerprint density at radius 3 is 2.96 bits per heavy atom. The number of H-pyrrole nitrogens is 1. The molecule has 0 bridgehead atoms. The first kappa shape index (κ1) is 17.4. The average Bonchev–Trinajstić information content (AvgIpc) is 3.30. The van der Waals surface area contributed by atoms with Gasteiger partial charge >= 0.3 is 0 Å². The van der Waals surface area contributed by atoms with Crippen LogP contribution < -0.4 is 0 Å². The quantitative estimate of drug-likeness (QED) is 0.716. The molecule has 2 unspecified atom stereocenters. The lowest BCUT2D eigenvalue weighted by Gasteiger charge is -2.36. The van der Waals surface area contributed by atoms with Crippen LogP contribution in [0, 0.1) is 12.9 Å². The lowest BCUT2D eigenvalue weighted by Crippen LogP contribution is -2.45. The second-order valence-electron chi connectivity index (χ2n) is 6.99. The molecule has 1 amide bonds. The third-order valence-corrected chi connectivity index (χ3v) is 4.98. The van der Waals surface area contributed by atoms with E-state index in [1.165, 1.54) is 12.3 Å². The normalized spacial score (nSPS) is 20.0. The Hall–Kier alpha value is -3.03. The molecule has 1 N–H and O–H groups in total. The number of nitrogens with one attached hydrogen (secondary N) is 1. The molecule has 1 aliphatic heterocycles. The van der Waals surface area contributed by atoms with Crippen LogP contribution in [0.2, 0.25) is 0 Å². The Kier molecular flexibility index (Phi) is 4.47. The van der Waals surface area contributed by atoms with E-state index in [0.29, 0.717) is 23.8 Å². The largest absolute Gasteiger partial charge is 0.358 e. The smallest absolute Gasteiger partial charge is 0.254 e. The van der Waals surface area contributed by atoms with Gasteiger partial charge in [-0.25, -0.2) is 4.98 Å². The van der Waals surface area contributed by atoms with Gasteiger partial charge < -0.3 is 14.4 Å². The highest BCUT2D eigenvalue weighted by molar-refractivity contribution is 5.94. The van der Waals surface area contributed by atoms with Gasteiger partial charge in [0.15, 0.2) is 0 Å². The number of hydrogen-bond acceptors (Lipinski definition) is 5. The topological polar surface area (TPSA) is 87.9 Å². The Labute approximate surface area is 155 Å². The molecule has 8 heteroatoms. The molecule has 3 aromatic rings. The van der Waals surface area contributed by atoms with Gasteiger partial charge in [-0.2, -0.15) is 9.37 Å². The third kappa shape index (κ3) is 3.47. The zero-order valence-electron chi connectivity index (χ0n) is 15.1. The van der Waals surface area contributed by atoms with Gasteiger partial charge in [0.2, 0.25) is 17.7 Å². The maximum Gasteiger partial charge on any atom is 0.254 e. The molecule has 2 atom stereocenters. The fraction of sp³-hybridized carbons (Fsp3) is 0.368. The Morgan fingerprint density at radius 1 is 1.37 bits per heavy atom. The Balaban J connectivity index is 1.54. The van der Waals surface area contributed by atoms with Crippen LogP contribution in [0.5, 0.6) is 0 Å².